The second-order valence-electron chi connectivity index (χ2n) is 8.87. The summed E-state index contributed by atoms with van der Waals surface area (Å²) in [5.41, 5.74) is 3.70. The van der Waals surface area contributed by atoms with Crippen LogP contribution in [0.25, 0.3) is 10.9 Å². The maximum absolute atomic E-state index is 12.7. The van der Waals surface area contributed by atoms with Crippen molar-refractivity contribution in [2.75, 3.05) is 38.0 Å². The average molecular weight is 587 g/mol. The Morgan fingerprint density at radius 2 is 0.976 bits per heavy atom. The molecule has 0 aliphatic heterocycles. The van der Waals surface area contributed by atoms with Gasteiger partial charge in [0.2, 0.25) is 29.1 Å². The van der Waals surface area contributed by atoms with E-state index in [9.17, 15) is 22.0 Å². The molecule has 0 saturated carbocycles. The van der Waals surface area contributed by atoms with Crippen LogP contribution in [-0.2, 0) is 0 Å². The van der Waals surface area contributed by atoms with Crippen molar-refractivity contribution >= 4 is 29.6 Å². The van der Waals surface area contributed by atoms with Crippen molar-refractivity contribution in [2.24, 2.45) is 0 Å². The molecule has 0 radical (unpaired) electrons. The lowest BCUT2D eigenvalue weighted by Crippen LogP contribution is -2.23. The van der Waals surface area contributed by atoms with Gasteiger partial charge in [-0.3, -0.25) is 0 Å². The quantitative estimate of drug-likeness (QED) is 0.0983. The van der Waals surface area contributed by atoms with Crippen LogP contribution < -0.4 is 14.5 Å². The smallest absolute Gasteiger partial charge is 0.507 e. The monoisotopic (exact) mass is 587 g/mol. The minimum absolute atomic E-state index is 1.21. The number of fused-ring (bicyclic) bond motifs is 1. The van der Waals surface area contributed by atoms with E-state index in [0.29, 0.717) is 0 Å². The molecular formula is C30H31BF5N3O3. The fraction of sp³-hybridized carbons (Fsp3) is 0.133. The molecule has 222 valence electrons. The molecule has 5 aromatic rings. The number of nitrogens with one attached hydrogen (secondary N) is 1. The summed E-state index contributed by atoms with van der Waals surface area (Å²) in [6.45, 7) is 0. The van der Waals surface area contributed by atoms with Crippen molar-refractivity contribution in [2.45, 2.75) is 0 Å². The number of para-hydroxylation sites is 3. The zero-order valence-corrected chi connectivity index (χ0v) is 23.4. The van der Waals surface area contributed by atoms with Gasteiger partial charge in [-0.25, -0.2) is 13.2 Å². The number of nitrogens with zero attached hydrogens (tertiary/aromatic N) is 2. The van der Waals surface area contributed by atoms with E-state index in [1.54, 1.807) is 0 Å². The zero-order valence-electron chi connectivity index (χ0n) is 23.4. The summed E-state index contributed by atoms with van der Waals surface area (Å²) in [5.74, 6) is -13.1. The van der Waals surface area contributed by atoms with E-state index in [0.717, 1.165) is 0 Å². The summed E-state index contributed by atoms with van der Waals surface area (Å²) in [5, 5.41) is 17.6. The lowest BCUT2D eigenvalue weighted by Gasteiger charge is -2.10. The standard InChI is InChI=1S/C8H7N.2C8H11N.C6H2BF5O3/c1-2-4-8-7(3-1)5-6-9-8;2*1-9(2)8-6-4-3-5-7-8;8-1-2(9)4(11)6(15-7(13)14)5(12)3(1)10/h1-6,9H;2*3-7H,1-2H3;13-14H. The Hall–Kier alpha value is -4.55. The highest BCUT2D eigenvalue weighted by molar-refractivity contribution is 6.33. The van der Waals surface area contributed by atoms with Crippen LogP contribution in [0.3, 0.4) is 0 Å². The van der Waals surface area contributed by atoms with Gasteiger partial charge < -0.3 is 29.5 Å². The number of hydrogen-bond acceptors (Lipinski definition) is 5. The van der Waals surface area contributed by atoms with Gasteiger partial charge in [-0.2, -0.15) is 8.78 Å². The Bertz CT molecular complexity index is 1400. The second kappa shape index (κ2) is 16.7. The van der Waals surface area contributed by atoms with Crippen molar-refractivity contribution in [1.82, 2.24) is 4.98 Å². The third-order valence-corrected chi connectivity index (χ3v) is 5.40. The maximum atomic E-state index is 12.7. The number of rotatable bonds is 4. The van der Waals surface area contributed by atoms with Crippen molar-refractivity contribution in [3.8, 4) is 5.75 Å². The topological polar surface area (TPSA) is 72.0 Å². The number of halogens is 5. The number of hydrogen-bond donors (Lipinski definition) is 3. The highest BCUT2D eigenvalue weighted by Crippen LogP contribution is 2.29. The first-order valence-corrected chi connectivity index (χ1v) is 12.4. The second-order valence-corrected chi connectivity index (χ2v) is 8.87. The summed E-state index contributed by atoms with van der Waals surface area (Å²) >= 11 is 0. The fourth-order valence-corrected chi connectivity index (χ4v) is 3.24. The Morgan fingerprint density at radius 3 is 1.36 bits per heavy atom. The molecule has 5 rings (SSSR count). The summed E-state index contributed by atoms with van der Waals surface area (Å²) in [6, 6.07) is 30.8. The van der Waals surface area contributed by atoms with Gasteiger partial charge in [-0.15, -0.1) is 0 Å². The van der Waals surface area contributed by atoms with Crippen LogP contribution >= 0.6 is 0 Å². The van der Waals surface area contributed by atoms with Gasteiger partial charge in [0.15, 0.2) is 5.75 Å². The first-order valence-electron chi connectivity index (χ1n) is 12.4. The van der Waals surface area contributed by atoms with Crippen molar-refractivity contribution < 1.29 is 36.7 Å². The Balaban J connectivity index is 0.000000201. The van der Waals surface area contributed by atoms with Crippen LogP contribution in [0.5, 0.6) is 5.75 Å². The molecule has 6 nitrogen and oxygen atoms in total. The highest BCUT2D eigenvalue weighted by Gasteiger charge is 2.29. The summed E-state index contributed by atoms with van der Waals surface area (Å²) in [7, 11) is 5.45. The van der Waals surface area contributed by atoms with Gasteiger partial charge >= 0.3 is 7.32 Å². The summed E-state index contributed by atoms with van der Waals surface area (Å²) in [4.78, 5) is 7.29. The predicted octanol–water partition coefficient (Wildman–Crippen LogP) is 6.40. The van der Waals surface area contributed by atoms with E-state index in [1.807, 2.05) is 82.9 Å². The Morgan fingerprint density at radius 1 is 0.571 bits per heavy atom. The minimum atomic E-state index is -2.70. The molecule has 0 spiro atoms. The first-order chi connectivity index (χ1) is 19.9. The van der Waals surface area contributed by atoms with Crippen LogP contribution in [0.1, 0.15) is 0 Å². The lowest BCUT2D eigenvalue weighted by atomic mass is 10.2. The zero-order chi connectivity index (χ0) is 31.2. The molecule has 1 aromatic heterocycles. The van der Waals surface area contributed by atoms with Gasteiger partial charge in [0, 0.05) is 51.3 Å². The van der Waals surface area contributed by atoms with Gasteiger partial charge in [0.1, 0.15) is 0 Å². The predicted molar refractivity (Wildman–Crippen MR) is 157 cm³/mol. The Kier molecular flexibility index (Phi) is 13.3. The van der Waals surface area contributed by atoms with Gasteiger partial charge in [0.25, 0.3) is 0 Å². The number of anilines is 2. The maximum Gasteiger partial charge on any atom is 0.707 e. The summed E-state index contributed by atoms with van der Waals surface area (Å²) < 4.78 is 66.3. The first kappa shape index (κ1) is 33.7. The molecule has 4 aromatic carbocycles. The van der Waals surface area contributed by atoms with Crippen molar-refractivity contribution in [1.29, 1.82) is 0 Å². The minimum Gasteiger partial charge on any atom is -0.507 e. The number of benzene rings is 4. The SMILES string of the molecule is CN(C)c1ccccc1.CN(C)c1ccccc1.OB(O)Oc1c(F)c(F)c(F)c(F)c1F.c1ccc2[nH]ccc2c1. The highest BCUT2D eigenvalue weighted by atomic mass is 19.2. The molecule has 1 heterocycles. The molecule has 0 amide bonds. The molecule has 0 unspecified atom stereocenters. The largest absolute Gasteiger partial charge is 0.707 e. The van der Waals surface area contributed by atoms with Crippen molar-refractivity contribution in [3.63, 3.8) is 0 Å². The molecule has 3 N–H and O–H groups in total. The molecule has 0 saturated heterocycles. The van der Waals surface area contributed by atoms with E-state index in [4.69, 9.17) is 10.0 Å². The summed E-state index contributed by atoms with van der Waals surface area (Å²) in [6.07, 6.45) is 1.95. The van der Waals surface area contributed by atoms with Gasteiger partial charge in [0.05, 0.1) is 0 Å². The van der Waals surface area contributed by atoms with Crippen LogP contribution in [0.4, 0.5) is 33.3 Å². The lowest BCUT2D eigenvalue weighted by molar-refractivity contribution is 0.263. The normalized spacial score (nSPS) is 9.79. The third-order valence-electron chi connectivity index (χ3n) is 5.40. The van der Waals surface area contributed by atoms with Crippen LogP contribution in [-0.4, -0.2) is 50.5 Å². The average Bonchev–Trinajstić information content (AvgIpc) is 3.48. The molecule has 0 aliphatic carbocycles. The van der Waals surface area contributed by atoms with Crippen LogP contribution in [0.15, 0.2) is 97.2 Å². The molecular weight excluding hydrogens is 556 g/mol. The van der Waals surface area contributed by atoms with E-state index >= 15 is 0 Å². The molecule has 0 bridgehead atoms. The molecule has 0 fully saturated rings. The third kappa shape index (κ3) is 10.1. The van der Waals surface area contributed by atoms with Crippen molar-refractivity contribution in [3.05, 3.63) is 126 Å². The number of aromatic amines is 1. The fourth-order valence-electron chi connectivity index (χ4n) is 3.24. The number of H-pyrrole nitrogens is 1. The van der Waals surface area contributed by atoms with E-state index in [-0.39, 0.29) is 0 Å². The molecule has 0 atom stereocenters. The van der Waals surface area contributed by atoms with E-state index < -0.39 is 42.2 Å². The molecule has 0 aliphatic rings. The number of aromatic nitrogens is 1. The van der Waals surface area contributed by atoms with Gasteiger partial charge in [-0.1, -0.05) is 54.6 Å². The van der Waals surface area contributed by atoms with E-state index in [2.05, 4.69) is 61.9 Å². The van der Waals surface area contributed by atoms with Crippen LogP contribution in [0.2, 0.25) is 0 Å². The molecule has 12 heteroatoms. The van der Waals surface area contributed by atoms with E-state index in [1.165, 1.54) is 22.3 Å². The van der Waals surface area contributed by atoms with Gasteiger partial charge in [-0.05, 0) is 41.8 Å². The van der Waals surface area contributed by atoms with Crippen LogP contribution in [0, 0.1) is 29.1 Å². The Labute approximate surface area is 241 Å². The molecule has 42 heavy (non-hydrogen) atoms.